The molecule has 0 radical (unpaired) electrons. The Bertz CT molecular complexity index is 3060. The quantitative estimate of drug-likeness (QED) is 0.147. The molecular weight excluding hydrogens is 845 g/mol. The molecule has 0 saturated carbocycles. The zero-order chi connectivity index (χ0) is 49.3. The van der Waals surface area contributed by atoms with E-state index in [9.17, 15) is 0 Å². The highest BCUT2D eigenvalue weighted by Gasteiger charge is 2.28. The Kier molecular flexibility index (Phi) is 11.5. The Hall–Kier alpha value is -7.16. The third-order valence-corrected chi connectivity index (χ3v) is 14.5. The molecule has 0 aromatic heterocycles. The summed E-state index contributed by atoms with van der Waals surface area (Å²) in [7, 11) is 0. The van der Waals surface area contributed by atoms with Crippen molar-refractivity contribution in [3.05, 3.63) is 216 Å². The van der Waals surface area contributed by atoms with Crippen LogP contribution in [0.15, 0.2) is 194 Å². The second kappa shape index (κ2) is 17.4. The van der Waals surface area contributed by atoms with Crippen LogP contribution in [0.1, 0.15) is 105 Å². The lowest BCUT2D eigenvalue weighted by molar-refractivity contribution is 0.590. The topological polar surface area (TPSA) is 6.48 Å². The van der Waals surface area contributed by atoms with Crippen LogP contribution in [-0.4, -0.2) is 0 Å². The number of fused-ring (bicyclic) bond motifs is 4. The Morgan fingerprint density at radius 1 is 0.214 bits per heavy atom. The van der Waals surface area contributed by atoms with E-state index in [1.54, 1.807) is 0 Å². The van der Waals surface area contributed by atoms with E-state index in [0.717, 1.165) is 22.7 Å². The molecule has 0 heterocycles. The van der Waals surface area contributed by atoms with Gasteiger partial charge in [-0.1, -0.05) is 229 Å². The van der Waals surface area contributed by atoms with Gasteiger partial charge in [0.2, 0.25) is 0 Å². The number of rotatable bonds is 7. The molecule has 0 unspecified atom stereocenters. The van der Waals surface area contributed by atoms with E-state index < -0.39 is 0 Å². The average molecular weight is 913 g/mol. The summed E-state index contributed by atoms with van der Waals surface area (Å²) in [5.74, 6) is 0. The van der Waals surface area contributed by atoms with E-state index in [1.807, 2.05) is 0 Å². The molecule has 0 fully saturated rings. The van der Waals surface area contributed by atoms with Gasteiger partial charge < -0.3 is 9.80 Å². The van der Waals surface area contributed by atoms with E-state index in [0.29, 0.717) is 0 Å². The van der Waals surface area contributed by atoms with Crippen LogP contribution in [0.3, 0.4) is 0 Å². The Morgan fingerprint density at radius 3 is 0.557 bits per heavy atom. The van der Waals surface area contributed by atoms with Gasteiger partial charge >= 0.3 is 0 Å². The van der Waals surface area contributed by atoms with Crippen molar-refractivity contribution in [1.29, 1.82) is 0 Å². The fourth-order valence-corrected chi connectivity index (χ4v) is 10.5. The summed E-state index contributed by atoms with van der Waals surface area (Å²) in [5.41, 5.74) is 14.8. The Labute approximate surface area is 417 Å². The molecule has 0 bridgehead atoms. The minimum atomic E-state index is 0.0324. The SMILES string of the molecule is CC(C)(C)c1ccc(N(c2ccc(C(C)(C)C)cc2)c2c3ccccc3c(-c3c4ccccc4c(N(c4ccc(C(C)(C)C)cc4)c4ccc(C(C)(C)C)cc4)c4ccccc34)c3ccccc23)cc1. The molecule has 0 saturated heterocycles. The molecule has 350 valence electrons. The minimum Gasteiger partial charge on any atom is -0.309 e. The van der Waals surface area contributed by atoms with Gasteiger partial charge in [0, 0.05) is 44.3 Å². The predicted octanol–water partition coefficient (Wildman–Crippen LogP) is 20.1. The van der Waals surface area contributed by atoms with Gasteiger partial charge in [-0.3, -0.25) is 0 Å². The van der Waals surface area contributed by atoms with Crippen molar-refractivity contribution in [3.63, 3.8) is 0 Å². The smallest absolute Gasteiger partial charge is 0.0618 e. The molecule has 10 aromatic carbocycles. The summed E-state index contributed by atoms with van der Waals surface area (Å²) in [6.07, 6.45) is 0. The van der Waals surface area contributed by atoms with Gasteiger partial charge in [0.15, 0.2) is 0 Å². The van der Waals surface area contributed by atoms with Gasteiger partial charge in [0.05, 0.1) is 11.4 Å². The van der Waals surface area contributed by atoms with Gasteiger partial charge in [-0.05, 0) is 125 Å². The number of benzene rings is 10. The maximum atomic E-state index is 2.50. The molecule has 10 rings (SSSR count). The fraction of sp³-hybridized carbons (Fsp3) is 0.235. The summed E-state index contributed by atoms with van der Waals surface area (Å²) in [5, 5.41) is 9.67. The van der Waals surface area contributed by atoms with E-state index in [4.69, 9.17) is 0 Å². The summed E-state index contributed by atoms with van der Waals surface area (Å²) in [4.78, 5) is 5.00. The minimum absolute atomic E-state index is 0.0324. The highest BCUT2D eigenvalue weighted by molar-refractivity contribution is 6.30. The standard InChI is InChI=1S/C68H68N2/c1-65(2,3)45-29-37-49(38-30-45)69(50-39-31-46(32-40-50)66(4,5)6)63-57-25-17-13-21-53(57)61(54-22-14-18-26-58(54)63)62-55-23-15-19-27-59(55)64(60-28-20-16-24-56(60)62)70(51-41-33-47(34-42-51)67(7,8)9)52-43-35-48(36-44-52)68(10,11)12/h13-44H,1-12H3. The summed E-state index contributed by atoms with van der Waals surface area (Å²) < 4.78 is 0. The van der Waals surface area contributed by atoms with E-state index in [2.05, 4.69) is 287 Å². The van der Waals surface area contributed by atoms with Crippen molar-refractivity contribution >= 4 is 77.2 Å². The highest BCUT2D eigenvalue weighted by atomic mass is 15.2. The third-order valence-electron chi connectivity index (χ3n) is 14.5. The molecule has 0 spiro atoms. The van der Waals surface area contributed by atoms with Crippen LogP contribution in [0.2, 0.25) is 0 Å². The predicted molar refractivity (Wildman–Crippen MR) is 306 cm³/mol. The molecular formula is C68H68N2. The summed E-state index contributed by atoms with van der Waals surface area (Å²) >= 11 is 0. The molecule has 2 nitrogen and oxygen atoms in total. The van der Waals surface area contributed by atoms with Crippen LogP contribution in [0.4, 0.5) is 34.1 Å². The van der Waals surface area contributed by atoms with E-state index in [-0.39, 0.29) is 21.7 Å². The van der Waals surface area contributed by atoms with Crippen LogP contribution < -0.4 is 9.80 Å². The molecule has 0 amide bonds. The van der Waals surface area contributed by atoms with Crippen LogP contribution in [0.5, 0.6) is 0 Å². The third kappa shape index (κ3) is 8.42. The Morgan fingerprint density at radius 2 is 0.386 bits per heavy atom. The lowest BCUT2D eigenvalue weighted by Crippen LogP contribution is -2.15. The molecule has 0 aliphatic carbocycles. The van der Waals surface area contributed by atoms with Crippen LogP contribution in [0.25, 0.3) is 54.2 Å². The summed E-state index contributed by atoms with van der Waals surface area (Å²) in [6.45, 7) is 27.5. The first-order valence-corrected chi connectivity index (χ1v) is 25.2. The lowest BCUT2D eigenvalue weighted by atomic mass is 9.84. The molecule has 0 aliphatic heterocycles. The first kappa shape index (κ1) is 46.6. The van der Waals surface area contributed by atoms with Gasteiger partial charge in [-0.15, -0.1) is 0 Å². The van der Waals surface area contributed by atoms with Crippen molar-refractivity contribution < 1.29 is 0 Å². The maximum absolute atomic E-state index is 2.50. The normalized spacial score (nSPS) is 12.6. The lowest BCUT2D eigenvalue weighted by Gasteiger charge is -2.32. The molecule has 0 aliphatic rings. The molecule has 2 heteroatoms. The van der Waals surface area contributed by atoms with Gasteiger partial charge in [-0.2, -0.15) is 0 Å². The number of hydrogen-bond donors (Lipinski definition) is 0. The van der Waals surface area contributed by atoms with Crippen molar-refractivity contribution in [2.45, 2.75) is 105 Å². The first-order chi connectivity index (χ1) is 33.3. The van der Waals surface area contributed by atoms with Gasteiger partial charge in [-0.25, -0.2) is 0 Å². The molecule has 0 atom stereocenters. The van der Waals surface area contributed by atoms with Crippen molar-refractivity contribution in [3.8, 4) is 11.1 Å². The zero-order valence-corrected chi connectivity index (χ0v) is 43.4. The second-order valence-corrected chi connectivity index (χ2v) is 23.5. The fourth-order valence-electron chi connectivity index (χ4n) is 10.5. The average Bonchev–Trinajstić information content (AvgIpc) is 3.34. The molecule has 0 N–H and O–H groups in total. The number of hydrogen-bond acceptors (Lipinski definition) is 2. The van der Waals surface area contributed by atoms with Crippen LogP contribution >= 0.6 is 0 Å². The maximum Gasteiger partial charge on any atom is 0.0618 e. The van der Waals surface area contributed by atoms with Crippen molar-refractivity contribution in [2.75, 3.05) is 9.80 Å². The number of anilines is 6. The molecule has 10 aromatic rings. The Balaban J connectivity index is 1.29. The van der Waals surface area contributed by atoms with Crippen LogP contribution in [-0.2, 0) is 21.7 Å². The van der Waals surface area contributed by atoms with Gasteiger partial charge in [0.1, 0.15) is 0 Å². The van der Waals surface area contributed by atoms with Crippen molar-refractivity contribution in [1.82, 2.24) is 0 Å². The largest absolute Gasteiger partial charge is 0.309 e. The van der Waals surface area contributed by atoms with Crippen molar-refractivity contribution in [2.24, 2.45) is 0 Å². The second-order valence-electron chi connectivity index (χ2n) is 23.5. The summed E-state index contributed by atoms with van der Waals surface area (Å²) in [6, 6.07) is 73.4. The first-order valence-electron chi connectivity index (χ1n) is 25.2. The monoisotopic (exact) mass is 913 g/mol. The molecule has 70 heavy (non-hydrogen) atoms. The van der Waals surface area contributed by atoms with Crippen LogP contribution in [0, 0.1) is 0 Å². The number of nitrogens with zero attached hydrogens (tertiary/aromatic N) is 2. The zero-order valence-electron chi connectivity index (χ0n) is 43.4. The van der Waals surface area contributed by atoms with Gasteiger partial charge in [0.25, 0.3) is 0 Å². The van der Waals surface area contributed by atoms with E-state index in [1.165, 1.54) is 87.8 Å². The van der Waals surface area contributed by atoms with E-state index >= 15 is 0 Å². The highest BCUT2D eigenvalue weighted by Crippen LogP contribution is 2.54.